The summed E-state index contributed by atoms with van der Waals surface area (Å²) in [5.74, 6) is 0. The lowest BCUT2D eigenvalue weighted by Gasteiger charge is -2.03. The predicted octanol–water partition coefficient (Wildman–Crippen LogP) is 3.98. The number of halogens is 1. The third-order valence-electron chi connectivity index (χ3n) is 3.46. The zero-order valence-electron chi connectivity index (χ0n) is 12.2. The Morgan fingerprint density at radius 2 is 2.05 bits per heavy atom. The summed E-state index contributed by atoms with van der Waals surface area (Å²) in [6.45, 7) is 3.67. The minimum atomic E-state index is -0.143. The Bertz CT molecular complexity index is 899. The van der Waals surface area contributed by atoms with Gasteiger partial charge in [-0.05, 0) is 26.0 Å². The van der Waals surface area contributed by atoms with E-state index in [0.717, 1.165) is 17.0 Å². The van der Waals surface area contributed by atoms with Crippen molar-refractivity contribution in [1.29, 1.82) is 0 Å². The molecule has 0 radical (unpaired) electrons. The van der Waals surface area contributed by atoms with E-state index in [2.05, 4.69) is 15.0 Å². The molecule has 1 aromatic rings. The molecule has 0 saturated carbocycles. The van der Waals surface area contributed by atoms with Crippen LogP contribution in [0.4, 0.5) is 5.69 Å². The fourth-order valence-electron chi connectivity index (χ4n) is 2.39. The van der Waals surface area contributed by atoms with Crippen LogP contribution in [0.15, 0.2) is 52.4 Å². The SMILES string of the molecule is C/C(=N\c1cc(Cl)cnc1C)c1c2cccccc-2[nH]c1=O. The second kappa shape index (κ2) is 5.73. The molecule has 5 heteroatoms. The molecule has 0 unspecified atom stereocenters. The van der Waals surface area contributed by atoms with Gasteiger partial charge in [-0.15, -0.1) is 0 Å². The van der Waals surface area contributed by atoms with Gasteiger partial charge in [0.2, 0.25) is 0 Å². The number of nitrogens with one attached hydrogen (secondary N) is 1. The quantitative estimate of drug-likeness (QED) is 0.728. The number of hydrogen-bond acceptors (Lipinski definition) is 3. The highest BCUT2D eigenvalue weighted by atomic mass is 35.5. The van der Waals surface area contributed by atoms with E-state index >= 15 is 0 Å². The molecule has 3 rings (SSSR count). The lowest BCUT2D eigenvalue weighted by molar-refractivity contribution is 1.18. The average molecular weight is 312 g/mol. The number of aromatic amines is 1. The summed E-state index contributed by atoms with van der Waals surface area (Å²) in [6, 6.07) is 11.2. The monoisotopic (exact) mass is 311 g/mol. The molecule has 0 bridgehead atoms. The van der Waals surface area contributed by atoms with Crippen LogP contribution < -0.4 is 5.56 Å². The third-order valence-corrected chi connectivity index (χ3v) is 3.67. The van der Waals surface area contributed by atoms with Crippen LogP contribution in [0.25, 0.3) is 11.3 Å². The molecule has 0 aromatic carbocycles. The molecule has 2 aliphatic rings. The first-order valence-corrected chi connectivity index (χ1v) is 7.23. The van der Waals surface area contributed by atoms with Crippen molar-refractivity contribution in [3.8, 4) is 11.3 Å². The van der Waals surface area contributed by atoms with Crippen molar-refractivity contribution < 1.29 is 0 Å². The summed E-state index contributed by atoms with van der Waals surface area (Å²) in [7, 11) is 0. The Hall–Kier alpha value is -2.46. The van der Waals surface area contributed by atoms with Crippen LogP contribution >= 0.6 is 11.6 Å². The summed E-state index contributed by atoms with van der Waals surface area (Å²) >= 11 is 5.97. The van der Waals surface area contributed by atoms with Crippen LogP contribution in [0.5, 0.6) is 0 Å². The van der Waals surface area contributed by atoms with Gasteiger partial charge in [-0.1, -0.05) is 35.9 Å². The summed E-state index contributed by atoms with van der Waals surface area (Å²) in [6.07, 6.45) is 1.58. The second-order valence-corrected chi connectivity index (χ2v) is 5.46. The van der Waals surface area contributed by atoms with E-state index in [-0.39, 0.29) is 5.56 Å². The molecule has 1 aromatic heterocycles. The van der Waals surface area contributed by atoms with Gasteiger partial charge in [0.1, 0.15) is 0 Å². The van der Waals surface area contributed by atoms with Crippen LogP contribution in [0.2, 0.25) is 5.02 Å². The largest absolute Gasteiger partial charge is 0.321 e. The molecule has 0 atom stereocenters. The zero-order valence-corrected chi connectivity index (χ0v) is 13.0. The van der Waals surface area contributed by atoms with Crippen molar-refractivity contribution in [1.82, 2.24) is 9.97 Å². The maximum Gasteiger partial charge on any atom is 0.258 e. The molecule has 4 nitrogen and oxygen atoms in total. The van der Waals surface area contributed by atoms with Gasteiger partial charge in [0.05, 0.1) is 27.7 Å². The predicted molar refractivity (Wildman–Crippen MR) is 89.5 cm³/mol. The number of aliphatic imine (C=N–C) groups is 1. The van der Waals surface area contributed by atoms with Crippen molar-refractivity contribution >= 4 is 23.0 Å². The van der Waals surface area contributed by atoms with E-state index in [0.29, 0.717) is 22.0 Å². The number of H-pyrrole nitrogens is 1. The molecular weight excluding hydrogens is 298 g/mol. The topological polar surface area (TPSA) is 58.1 Å². The zero-order chi connectivity index (χ0) is 15.7. The van der Waals surface area contributed by atoms with Gasteiger partial charge in [-0.3, -0.25) is 14.8 Å². The summed E-state index contributed by atoms with van der Waals surface area (Å²) in [4.78, 5) is 23.8. The number of hydrogen-bond donors (Lipinski definition) is 1. The normalized spacial score (nSPS) is 11.9. The number of nitrogens with zero attached hydrogens (tertiary/aromatic N) is 2. The van der Waals surface area contributed by atoms with Gasteiger partial charge < -0.3 is 4.98 Å². The standard InChI is InChI=1S/C17H14ClN3O/c1-10-15(8-12(18)9-19-10)20-11(2)16-13-6-4-3-5-7-14(13)21-17(16)22/h3-9H,1-2H3,(H,21,22)/b20-11+. The molecule has 22 heavy (non-hydrogen) atoms. The first kappa shape index (κ1) is 14.5. The molecule has 2 heterocycles. The molecular formula is C17H14ClN3O. The minimum Gasteiger partial charge on any atom is -0.321 e. The van der Waals surface area contributed by atoms with E-state index < -0.39 is 0 Å². The minimum absolute atomic E-state index is 0.143. The molecule has 0 saturated heterocycles. The van der Waals surface area contributed by atoms with E-state index in [9.17, 15) is 4.79 Å². The van der Waals surface area contributed by atoms with Crippen LogP contribution in [-0.2, 0) is 0 Å². The molecule has 0 fully saturated rings. The van der Waals surface area contributed by atoms with Gasteiger partial charge in [0.25, 0.3) is 5.56 Å². The Morgan fingerprint density at radius 1 is 1.27 bits per heavy atom. The van der Waals surface area contributed by atoms with Crippen LogP contribution in [-0.4, -0.2) is 15.7 Å². The van der Waals surface area contributed by atoms with E-state index in [1.807, 2.05) is 44.2 Å². The second-order valence-electron chi connectivity index (χ2n) is 5.02. The highest BCUT2D eigenvalue weighted by molar-refractivity contribution is 6.30. The van der Waals surface area contributed by atoms with E-state index in [4.69, 9.17) is 11.6 Å². The molecule has 1 aliphatic carbocycles. The van der Waals surface area contributed by atoms with Crippen molar-refractivity contribution in [2.45, 2.75) is 13.8 Å². The summed E-state index contributed by atoms with van der Waals surface area (Å²) in [5.41, 5.74) is 4.14. The Labute approximate surface area is 132 Å². The smallest absolute Gasteiger partial charge is 0.258 e. The van der Waals surface area contributed by atoms with Gasteiger partial charge in [0.15, 0.2) is 0 Å². The molecule has 0 amide bonds. The van der Waals surface area contributed by atoms with Crippen molar-refractivity contribution in [3.05, 3.63) is 69.2 Å². The number of fused-ring (bicyclic) bond motifs is 1. The molecule has 0 spiro atoms. The van der Waals surface area contributed by atoms with Crippen molar-refractivity contribution in [2.24, 2.45) is 4.99 Å². The van der Waals surface area contributed by atoms with Crippen LogP contribution in [0.3, 0.4) is 0 Å². The van der Waals surface area contributed by atoms with Crippen LogP contribution in [0.1, 0.15) is 18.2 Å². The Morgan fingerprint density at radius 3 is 2.86 bits per heavy atom. The van der Waals surface area contributed by atoms with Crippen molar-refractivity contribution in [2.75, 3.05) is 0 Å². The fourth-order valence-corrected chi connectivity index (χ4v) is 2.54. The highest BCUT2D eigenvalue weighted by Gasteiger charge is 2.16. The average Bonchev–Trinajstić information content (AvgIpc) is 2.64. The number of pyridine rings is 1. The third kappa shape index (κ3) is 2.65. The van der Waals surface area contributed by atoms with E-state index in [1.54, 1.807) is 12.3 Å². The molecule has 1 aliphatic heterocycles. The molecule has 110 valence electrons. The molecule has 1 N–H and O–H groups in total. The number of aromatic nitrogens is 2. The first-order chi connectivity index (χ1) is 10.6. The van der Waals surface area contributed by atoms with Gasteiger partial charge in [0, 0.05) is 17.5 Å². The fraction of sp³-hybridized carbons (Fsp3) is 0.118. The lowest BCUT2D eigenvalue weighted by atomic mass is 10.1. The maximum absolute atomic E-state index is 12.2. The summed E-state index contributed by atoms with van der Waals surface area (Å²) in [5, 5.41) is 0.518. The van der Waals surface area contributed by atoms with Gasteiger partial charge in [-0.2, -0.15) is 0 Å². The van der Waals surface area contributed by atoms with Crippen LogP contribution in [0, 0.1) is 6.92 Å². The summed E-state index contributed by atoms with van der Waals surface area (Å²) < 4.78 is 0. The van der Waals surface area contributed by atoms with Crippen molar-refractivity contribution in [3.63, 3.8) is 0 Å². The van der Waals surface area contributed by atoms with Gasteiger partial charge in [-0.25, -0.2) is 0 Å². The highest BCUT2D eigenvalue weighted by Crippen LogP contribution is 2.25. The van der Waals surface area contributed by atoms with Gasteiger partial charge >= 0.3 is 0 Å². The number of rotatable bonds is 2. The number of aryl methyl sites for hydroxylation is 1. The lowest BCUT2D eigenvalue weighted by Crippen LogP contribution is -2.10. The Kier molecular flexibility index (Phi) is 3.77. The Balaban J connectivity index is 2.16. The van der Waals surface area contributed by atoms with E-state index in [1.165, 1.54) is 0 Å². The maximum atomic E-state index is 12.2. The first-order valence-electron chi connectivity index (χ1n) is 6.85.